The molecule has 118 valence electrons. The second-order valence-electron chi connectivity index (χ2n) is 5.27. The molecule has 0 bridgehead atoms. The first kappa shape index (κ1) is 16.0. The summed E-state index contributed by atoms with van der Waals surface area (Å²) in [6.07, 6.45) is 0. The predicted molar refractivity (Wildman–Crippen MR) is 92.9 cm³/mol. The third kappa shape index (κ3) is 2.96. The van der Waals surface area contributed by atoms with Gasteiger partial charge in [-0.05, 0) is 35.7 Å². The van der Waals surface area contributed by atoms with Crippen LogP contribution in [0.25, 0.3) is 5.57 Å². The van der Waals surface area contributed by atoms with Crippen LogP contribution in [0.1, 0.15) is 18.7 Å². The molecule has 0 saturated heterocycles. The molecule has 3 nitrogen and oxygen atoms in total. The third-order valence-corrected chi connectivity index (χ3v) is 5.22. The zero-order valence-corrected chi connectivity index (χ0v) is 14.2. The summed E-state index contributed by atoms with van der Waals surface area (Å²) in [5, 5.41) is 2.04. The Hall–Kier alpha value is -1.92. The van der Waals surface area contributed by atoms with Gasteiger partial charge in [0.15, 0.2) is 0 Å². The number of thiophene rings is 1. The van der Waals surface area contributed by atoms with Crippen molar-refractivity contribution in [1.29, 1.82) is 0 Å². The molecule has 0 atom stereocenters. The minimum atomic E-state index is -0.406. The van der Waals surface area contributed by atoms with Gasteiger partial charge >= 0.3 is 0 Å². The quantitative estimate of drug-likeness (QED) is 0.773. The fourth-order valence-electron chi connectivity index (χ4n) is 2.32. The molecule has 1 aliphatic rings. The molecule has 0 aliphatic carbocycles. The highest BCUT2D eigenvalue weighted by Gasteiger charge is 2.40. The summed E-state index contributed by atoms with van der Waals surface area (Å²) in [4.78, 5) is 28.0. The average Bonchev–Trinajstić information content (AvgIpc) is 3.09. The molecule has 2 aromatic rings. The number of imide groups is 1. The van der Waals surface area contributed by atoms with E-state index in [0.717, 1.165) is 9.78 Å². The molecule has 6 heteroatoms. The van der Waals surface area contributed by atoms with Crippen molar-refractivity contribution in [2.45, 2.75) is 19.1 Å². The smallest absolute Gasteiger partial charge is 0.268 e. The average molecular weight is 347 g/mol. The summed E-state index contributed by atoms with van der Waals surface area (Å²) in [6, 6.07) is 9.06. The Morgan fingerprint density at radius 3 is 2.35 bits per heavy atom. The number of amides is 2. The summed E-state index contributed by atoms with van der Waals surface area (Å²) >= 11 is 2.81. The Bertz CT molecular complexity index is 779. The van der Waals surface area contributed by atoms with E-state index in [-0.39, 0.29) is 17.1 Å². The molecule has 1 aromatic heterocycles. The van der Waals surface area contributed by atoms with Gasteiger partial charge < -0.3 is 0 Å². The van der Waals surface area contributed by atoms with Gasteiger partial charge in [0, 0.05) is 10.1 Å². The maximum absolute atomic E-state index is 13.1. The Kier molecular flexibility index (Phi) is 4.37. The molecular formula is C17H14FNO2S2. The largest absolute Gasteiger partial charge is 0.272 e. The predicted octanol–water partition coefficient (Wildman–Crippen LogP) is 4.31. The molecule has 3 rings (SSSR count). The highest BCUT2D eigenvalue weighted by molar-refractivity contribution is 8.04. The molecule has 23 heavy (non-hydrogen) atoms. The lowest BCUT2D eigenvalue weighted by molar-refractivity contribution is -0.119. The maximum atomic E-state index is 13.1. The van der Waals surface area contributed by atoms with Crippen molar-refractivity contribution in [3.63, 3.8) is 0 Å². The lowest BCUT2D eigenvalue weighted by Crippen LogP contribution is -2.31. The van der Waals surface area contributed by atoms with Crippen LogP contribution in [0.3, 0.4) is 0 Å². The van der Waals surface area contributed by atoms with Gasteiger partial charge in [-0.15, -0.1) is 23.1 Å². The van der Waals surface area contributed by atoms with E-state index in [9.17, 15) is 14.0 Å². The zero-order chi connectivity index (χ0) is 16.6. The molecule has 0 N–H and O–H groups in total. The van der Waals surface area contributed by atoms with Gasteiger partial charge in [0.05, 0.1) is 16.2 Å². The Morgan fingerprint density at radius 2 is 1.78 bits per heavy atom. The molecule has 0 saturated carbocycles. The van der Waals surface area contributed by atoms with Crippen LogP contribution in [0.5, 0.6) is 0 Å². The highest BCUT2D eigenvalue weighted by atomic mass is 32.2. The third-order valence-electron chi connectivity index (χ3n) is 3.25. The van der Waals surface area contributed by atoms with Gasteiger partial charge in [-0.2, -0.15) is 0 Å². The number of hydrogen-bond acceptors (Lipinski definition) is 4. The first-order valence-corrected chi connectivity index (χ1v) is 8.84. The summed E-state index contributed by atoms with van der Waals surface area (Å²) in [5.74, 6) is -1.10. The van der Waals surface area contributed by atoms with Gasteiger partial charge in [0.2, 0.25) is 0 Å². The molecule has 1 aromatic carbocycles. The van der Waals surface area contributed by atoms with Gasteiger partial charge in [0.25, 0.3) is 11.8 Å². The summed E-state index contributed by atoms with van der Waals surface area (Å²) in [6.45, 7) is 3.95. The Morgan fingerprint density at radius 1 is 1.09 bits per heavy atom. The molecule has 0 unspecified atom stereocenters. The van der Waals surface area contributed by atoms with Crippen molar-refractivity contribution in [2.24, 2.45) is 0 Å². The second kappa shape index (κ2) is 6.29. The van der Waals surface area contributed by atoms with Gasteiger partial charge in [-0.1, -0.05) is 19.9 Å². The minimum absolute atomic E-state index is 0.171. The molecule has 2 amide bonds. The topological polar surface area (TPSA) is 37.4 Å². The number of anilines is 1. The number of rotatable bonds is 4. The Labute approximate surface area is 141 Å². The van der Waals surface area contributed by atoms with Crippen molar-refractivity contribution < 1.29 is 14.0 Å². The van der Waals surface area contributed by atoms with E-state index in [1.54, 1.807) is 0 Å². The lowest BCUT2D eigenvalue weighted by atomic mass is 10.2. The van der Waals surface area contributed by atoms with Crippen molar-refractivity contribution in [3.8, 4) is 0 Å². The number of nitrogens with zero attached hydrogens (tertiary/aromatic N) is 1. The van der Waals surface area contributed by atoms with Crippen molar-refractivity contribution in [2.75, 3.05) is 4.90 Å². The van der Waals surface area contributed by atoms with Crippen LogP contribution in [0.4, 0.5) is 10.1 Å². The SMILES string of the molecule is CC(C)SC1=C(c2cccs2)C(=O)N(c2ccc(F)cc2)C1=O. The van der Waals surface area contributed by atoms with Crippen LogP contribution in [-0.2, 0) is 9.59 Å². The van der Waals surface area contributed by atoms with E-state index in [2.05, 4.69) is 0 Å². The number of benzene rings is 1. The van der Waals surface area contributed by atoms with E-state index in [1.807, 2.05) is 31.4 Å². The fraction of sp³-hybridized carbons (Fsp3) is 0.176. The molecule has 0 spiro atoms. The van der Waals surface area contributed by atoms with Crippen LogP contribution in [0, 0.1) is 5.82 Å². The zero-order valence-electron chi connectivity index (χ0n) is 12.6. The number of thioether (sulfide) groups is 1. The summed E-state index contributed by atoms with van der Waals surface area (Å²) < 4.78 is 13.1. The van der Waals surface area contributed by atoms with Crippen molar-refractivity contribution in [3.05, 3.63) is 57.4 Å². The van der Waals surface area contributed by atoms with E-state index in [4.69, 9.17) is 0 Å². The monoisotopic (exact) mass is 347 g/mol. The molecule has 0 fully saturated rings. The molecular weight excluding hydrogens is 333 g/mol. The first-order chi connectivity index (χ1) is 11.0. The van der Waals surface area contributed by atoms with Crippen LogP contribution in [-0.4, -0.2) is 17.1 Å². The summed E-state index contributed by atoms with van der Waals surface area (Å²) in [5.41, 5.74) is 0.822. The number of hydrogen-bond donors (Lipinski definition) is 0. The van der Waals surface area contributed by atoms with E-state index in [1.165, 1.54) is 47.4 Å². The second-order valence-corrected chi connectivity index (χ2v) is 7.80. The van der Waals surface area contributed by atoms with Crippen LogP contribution in [0.2, 0.25) is 0 Å². The van der Waals surface area contributed by atoms with Crippen LogP contribution in [0.15, 0.2) is 46.7 Å². The molecule has 0 radical (unpaired) electrons. The lowest BCUT2D eigenvalue weighted by Gasteiger charge is -2.15. The fourth-order valence-corrected chi connectivity index (χ4v) is 4.13. The van der Waals surface area contributed by atoms with E-state index in [0.29, 0.717) is 16.2 Å². The van der Waals surface area contributed by atoms with E-state index < -0.39 is 5.82 Å². The maximum Gasteiger partial charge on any atom is 0.272 e. The number of halogens is 1. The number of carbonyl (C=O) groups excluding carboxylic acids is 2. The van der Waals surface area contributed by atoms with Crippen molar-refractivity contribution >= 4 is 46.2 Å². The van der Waals surface area contributed by atoms with Gasteiger partial charge in [-0.25, -0.2) is 9.29 Å². The minimum Gasteiger partial charge on any atom is -0.268 e. The van der Waals surface area contributed by atoms with Crippen LogP contribution < -0.4 is 4.90 Å². The first-order valence-electron chi connectivity index (χ1n) is 7.08. The van der Waals surface area contributed by atoms with E-state index >= 15 is 0 Å². The number of carbonyl (C=O) groups is 2. The Balaban J connectivity index is 2.07. The van der Waals surface area contributed by atoms with Gasteiger partial charge in [0.1, 0.15) is 5.82 Å². The van der Waals surface area contributed by atoms with Crippen molar-refractivity contribution in [1.82, 2.24) is 0 Å². The molecule has 2 heterocycles. The van der Waals surface area contributed by atoms with Crippen LogP contribution >= 0.6 is 23.1 Å². The molecule has 1 aliphatic heterocycles. The van der Waals surface area contributed by atoms with Gasteiger partial charge in [-0.3, -0.25) is 9.59 Å². The highest BCUT2D eigenvalue weighted by Crippen LogP contribution is 2.41. The normalized spacial score (nSPS) is 15.2. The standard InChI is InChI=1S/C17H14FNO2S2/c1-10(2)23-15-14(13-4-3-9-22-13)16(20)19(17(15)21)12-7-5-11(18)6-8-12/h3-10H,1-2H3. The summed E-state index contributed by atoms with van der Waals surface area (Å²) in [7, 11) is 0.